The molecule has 0 amide bonds. The summed E-state index contributed by atoms with van der Waals surface area (Å²) < 4.78 is 0. The number of benzene rings is 1. The van der Waals surface area contributed by atoms with Gasteiger partial charge in [-0.2, -0.15) is 0 Å². The van der Waals surface area contributed by atoms with E-state index in [4.69, 9.17) is 5.11 Å². The van der Waals surface area contributed by atoms with Crippen molar-refractivity contribution in [1.29, 1.82) is 0 Å². The SMILES string of the molecule is CC(CC(C)(C)C)c1ccc(C(=O)O)cc1. The van der Waals surface area contributed by atoms with E-state index in [0.717, 1.165) is 6.42 Å². The third-order valence-electron chi connectivity index (χ3n) is 2.65. The first-order valence-electron chi connectivity index (χ1n) is 5.63. The van der Waals surface area contributed by atoms with Crippen molar-refractivity contribution in [2.75, 3.05) is 0 Å². The summed E-state index contributed by atoms with van der Waals surface area (Å²) >= 11 is 0. The van der Waals surface area contributed by atoms with Crippen LogP contribution >= 0.6 is 0 Å². The maximum atomic E-state index is 10.7. The van der Waals surface area contributed by atoms with Crippen molar-refractivity contribution in [3.8, 4) is 0 Å². The lowest BCUT2D eigenvalue weighted by Crippen LogP contribution is -2.10. The van der Waals surface area contributed by atoms with Crippen LogP contribution in [0.5, 0.6) is 0 Å². The van der Waals surface area contributed by atoms with Gasteiger partial charge in [0, 0.05) is 0 Å². The highest BCUT2D eigenvalue weighted by Gasteiger charge is 2.16. The molecule has 0 aliphatic carbocycles. The number of hydrogen-bond donors (Lipinski definition) is 1. The molecule has 0 heterocycles. The Kier molecular flexibility index (Phi) is 3.74. The van der Waals surface area contributed by atoms with E-state index in [2.05, 4.69) is 27.7 Å². The fourth-order valence-electron chi connectivity index (χ4n) is 1.99. The van der Waals surface area contributed by atoms with Crippen LogP contribution < -0.4 is 0 Å². The zero-order valence-corrected chi connectivity index (χ0v) is 10.4. The molecule has 0 saturated heterocycles. The first kappa shape index (κ1) is 12.8. The van der Waals surface area contributed by atoms with Crippen molar-refractivity contribution in [2.24, 2.45) is 5.41 Å². The van der Waals surface area contributed by atoms with E-state index in [-0.39, 0.29) is 0 Å². The summed E-state index contributed by atoms with van der Waals surface area (Å²) in [6, 6.07) is 7.19. The Bertz CT molecular complexity index is 357. The molecule has 0 aliphatic rings. The Morgan fingerprint density at radius 1 is 1.25 bits per heavy atom. The molecule has 1 atom stereocenters. The average Bonchev–Trinajstić information content (AvgIpc) is 2.15. The van der Waals surface area contributed by atoms with Gasteiger partial charge in [-0.15, -0.1) is 0 Å². The van der Waals surface area contributed by atoms with Gasteiger partial charge in [0.2, 0.25) is 0 Å². The number of hydrogen-bond acceptors (Lipinski definition) is 1. The Labute approximate surface area is 97.3 Å². The molecule has 0 saturated carbocycles. The molecule has 1 aromatic rings. The quantitative estimate of drug-likeness (QED) is 0.838. The van der Waals surface area contributed by atoms with Gasteiger partial charge >= 0.3 is 5.97 Å². The largest absolute Gasteiger partial charge is 0.478 e. The highest BCUT2D eigenvalue weighted by atomic mass is 16.4. The van der Waals surface area contributed by atoms with E-state index in [1.165, 1.54) is 5.56 Å². The van der Waals surface area contributed by atoms with Crippen LogP contribution in [-0.4, -0.2) is 11.1 Å². The molecular formula is C14H20O2. The monoisotopic (exact) mass is 220 g/mol. The van der Waals surface area contributed by atoms with Crippen LogP contribution in [0.3, 0.4) is 0 Å². The Hall–Kier alpha value is -1.31. The first-order valence-corrected chi connectivity index (χ1v) is 5.63. The van der Waals surface area contributed by atoms with E-state index < -0.39 is 5.97 Å². The fraction of sp³-hybridized carbons (Fsp3) is 0.500. The normalized spacial score (nSPS) is 13.5. The zero-order valence-electron chi connectivity index (χ0n) is 10.4. The second kappa shape index (κ2) is 4.69. The third kappa shape index (κ3) is 3.69. The van der Waals surface area contributed by atoms with Gasteiger partial charge in [0.1, 0.15) is 0 Å². The van der Waals surface area contributed by atoms with Crippen molar-refractivity contribution < 1.29 is 9.90 Å². The summed E-state index contributed by atoms with van der Waals surface area (Å²) in [6.07, 6.45) is 1.10. The number of carboxylic acids is 1. The molecule has 0 fully saturated rings. The van der Waals surface area contributed by atoms with Gasteiger partial charge in [0.15, 0.2) is 0 Å². The van der Waals surface area contributed by atoms with Crippen LogP contribution in [0.4, 0.5) is 0 Å². The third-order valence-corrected chi connectivity index (χ3v) is 2.65. The number of carbonyl (C=O) groups is 1. The van der Waals surface area contributed by atoms with Crippen LogP contribution in [0.15, 0.2) is 24.3 Å². The zero-order chi connectivity index (χ0) is 12.3. The number of rotatable bonds is 3. The summed E-state index contributed by atoms with van der Waals surface area (Å²) in [5.74, 6) is -0.405. The van der Waals surface area contributed by atoms with Gasteiger partial charge in [-0.1, -0.05) is 39.8 Å². The average molecular weight is 220 g/mol. The lowest BCUT2D eigenvalue weighted by atomic mass is 9.82. The molecule has 16 heavy (non-hydrogen) atoms. The van der Waals surface area contributed by atoms with E-state index in [9.17, 15) is 4.79 Å². The maximum absolute atomic E-state index is 10.7. The van der Waals surface area contributed by atoms with Gasteiger partial charge < -0.3 is 5.11 Å². The highest BCUT2D eigenvalue weighted by Crippen LogP contribution is 2.30. The Morgan fingerprint density at radius 2 is 1.75 bits per heavy atom. The highest BCUT2D eigenvalue weighted by molar-refractivity contribution is 5.87. The first-order chi connectivity index (χ1) is 7.29. The minimum atomic E-state index is -0.866. The minimum absolute atomic E-state index is 0.297. The van der Waals surface area contributed by atoms with Crippen molar-refractivity contribution in [3.63, 3.8) is 0 Å². The van der Waals surface area contributed by atoms with Crippen molar-refractivity contribution in [1.82, 2.24) is 0 Å². The summed E-state index contributed by atoms with van der Waals surface area (Å²) in [5, 5.41) is 8.80. The maximum Gasteiger partial charge on any atom is 0.335 e. The van der Waals surface area contributed by atoms with Gasteiger partial charge in [-0.25, -0.2) is 4.79 Å². The van der Waals surface area contributed by atoms with Gasteiger partial charge in [0.05, 0.1) is 5.56 Å². The van der Waals surface area contributed by atoms with Crippen molar-refractivity contribution >= 4 is 5.97 Å². The minimum Gasteiger partial charge on any atom is -0.478 e. The second-order valence-electron chi connectivity index (χ2n) is 5.59. The lowest BCUT2D eigenvalue weighted by Gasteiger charge is -2.23. The van der Waals surface area contributed by atoms with Crippen LogP contribution in [0.2, 0.25) is 0 Å². The molecule has 2 heteroatoms. The van der Waals surface area contributed by atoms with E-state index >= 15 is 0 Å². The molecule has 1 unspecified atom stereocenters. The van der Waals surface area contributed by atoms with Crippen LogP contribution in [0.1, 0.15) is 56.0 Å². The van der Waals surface area contributed by atoms with Gasteiger partial charge in [0.25, 0.3) is 0 Å². The lowest BCUT2D eigenvalue weighted by molar-refractivity contribution is 0.0697. The fourth-order valence-corrected chi connectivity index (χ4v) is 1.99. The summed E-state index contributed by atoms with van der Waals surface area (Å²) in [5.41, 5.74) is 1.86. The van der Waals surface area contributed by atoms with Crippen LogP contribution in [0, 0.1) is 5.41 Å². The molecule has 1 aromatic carbocycles. The van der Waals surface area contributed by atoms with Gasteiger partial charge in [-0.05, 0) is 35.4 Å². The van der Waals surface area contributed by atoms with Crippen molar-refractivity contribution in [2.45, 2.75) is 40.0 Å². The van der Waals surface area contributed by atoms with Crippen molar-refractivity contribution in [3.05, 3.63) is 35.4 Å². The number of aromatic carboxylic acids is 1. The molecule has 1 rings (SSSR count). The summed E-state index contributed by atoms with van der Waals surface area (Å²) in [4.78, 5) is 10.7. The summed E-state index contributed by atoms with van der Waals surface area (Å²) in [7, 11) is 0. The molecule has 0 radical (unpaired) electrons. The molecule has 0 spiro atoms. The predicted molar refractivity (Wildman–Crippen MR) is 65.9 cm³/mol. The molecule has 1 N–H and O–H groups in total. The predicted octanol–water partition coefficient (Wildman–Crippen LogP) is 3.92. The molecule has 0 aromatic heterocycles. The standard InChI is InChI=1S/C14H20O2/c1-10(9-14(2,3)4)11-5-7-12(8-6-11)13(15)16/h5-8,10H,9H2,1-4H3,(H,15,16). The Morgan fingerprint density at radius 3 is 2.12 bits per heavy atom. The van der Waals surface area contributed by atoms with Crippen LogP contribution in [-0.2, 0) is 0 Å². The Balaban J connectivity index is 2.78. The van der Waals surface area contributed by atoms with E-state index in [0.29, 0.717) is 16.9 Å². The number of carboxylic acid groups (broad SMARTS) is 1. The molecule has 88 valence electrons. The van der Waals surface area contributed by atoms with E-state index in [1.807, 2.05) is 12.1 Å². The second-order valence-corrected chi connectivity index (χ2v) is 5.59. The topological polar surface area (TPSA) is 37.3 Å². The summed E-state index contributed by atoms with van der Waals surface area (Å²) in [6.45, 7) is 8.83. The molecular weight excluding hydrogens is 200 g/mol. The smallest absolute Gasteiger partial charge is 0.335 e. The van der Waals surface area contributed by atoms with E-state index in [1.54, 1.807) is 12.1 Å². The van der Waals surface area contributed by atoms with Crippen LogP contribution in [0.25, 0.3) is 0 Å². The molecule has 2 nitrogen and oxygen atoms in total. The molecule has 0 aliphatic heterocycles. The van der Waals surface area contributed by atoms with Gasteiger partial charge in [-0.3, -0.25) is 0 Å². The molecule has 0 bridgehead atoms.